The zero-order valence-corrected chi connectivity index (χ0v) is 19.4. The minimum atomic E-state index is 0.159. The molecule has 1 saturated heterocycles. The molecule has 0 aliphatic carbocycles. The maximum atomic E-state index is 12.2. The molecule has 8 heteroatoms. The van der Waals surface area contributed by atoms with E-state index >= 15 is 0 Å². The van der Waals surface area contributed by atoms with Crippen molar-refractivity contribution < 1.29 is 9.53 Å². The molecular weight excluding hydrogens is 428 g/mol. The molecule has 4 aromatic rings. The predicted octanol–water partition coefficient (Wildman–Crippen LogP) is 4.11. The number of benzene rings is 2. The van der Waals surface area contributed by atoms with Gasteiger partial charge in [-0.15, -0.1) is 0 Å². The lowest BCUT2D eigenvalue weighted by atomic mass is 9.95. The molecule has 2 aromatic heterocycles. The lowest BCUT2D eigenvalue weighted by Crippen LogP contribution is -2.39. The van der Waals surface area contributed by atoms with E-state index in [2.05, 4.69) is 49.3 Å². The summed E-state index contributed by atoms with van der Waals surface area (Å²) in [6.07, 6.45) is 6.97. The van der Waals surface area contributed by atoms with Crippen LogP contribution in [0.5, 0.6) is 11.8 Å². The number of likely N-dealkylation sites (tertiary alicyclic amines) is 1. The van der Waals surface area contributed by atoms with Crippen LogP contribution in [0, 0.1) is 5.92 Å². The van der Waals surface area contributed by atoms with Crippen LogP contribution in [0.3, 0.4) is 0 Å². The number of H-pyrrole nitrogens is 1. The Bertz CT molecular complexity index is 1260. The fourth-order valence-electron chi connectivity index (χ4n) is 4.43. The highest BCUT2D eigenvalue weighted by molar-refractivity contribution is 5.84. The number of piperidine rings is 1. The van der Waals surface area contributed by atoms with Crippen molar-refractivity contribution in [3.05, 3.63) is 66.6 Å². The fourth-order valence-corrected chi connectivity index (χ4v) is 4.43. The van der Waals surface area contributed by atoms with Crippen molar-refractivity contribution in [1.29, 1.82) is 0 Å². The van der Waals surface area contributed by atoms with Crippen molar-refractivity contribution in [2.24, 2.45) is 5.92 Å². The summed E-state index contributed by atoms with van der Waals surface area (Å²) in [7, 11) is 3.68. The van der Waals surface area contributed by atoms with E-state index in [0.717, 1.165) is 54.5 Å². The number of rotatable bonds is 6. The Morgan fingerprint density at radius 2 is 1.79 bits per heavy atom. The first-order valence-electron chi connectivity index (χ1n) is 11.5. The Kier molecular flexibility index (Phi) is 6.22. The number of ether oxygens (including phenoxy) is 1. The van der Waals surface area contributed by atoms with Crippen molar-refractivity contribution >= 4 is 16.7 Å². The molecule has 2 aromatic carbocycles. The number of carbonyl (C=O) groups excluding carboxylic acids is 1. The van der Waals surface area contributed by atoms with Crippen molar-refractivity contribution in [2.75, 3.05) is 27.2 Å². The number of fused-ring (bicyclic) bond motifs is 1. The Labute approximate surface area is 198 Å². The van der Waals surface area contributed by atoms with Gasteiger partial charge < -0.3 is 9.64 Å². The molecule has 5 rings (SSSR count). The molecule has 0 radical (unpaired) electrons. The van der Waals surface area contributed by atoms with Crippen LogP contribution < -0.4 is 4.74 Å². The maximum absolute atomic E-state index is 12.2. The summed E-state index contributed by atoms with van der Waals surface area (Å²) in [6, 6.07) is 14.7. The van der Waals surface area contributed by atoms with Gasteiger partial charge in [0.1, 0.15) is 5.75 Å². The second kappa shape index (κ2) is 9.61. The van der Waals surface area contributed by atoms with Gasteiger partial charge in [-0.25, -0.2) is 9.97 Å². The van der Waals surface area contributed by atoms with Gasteiger partial charge >= 0.3 is 6.01 Å². The van der Waals surface area contributed by atoms with E-state index in [1.807, 2.05) is 32.3 Å². The Balaban J connectivity index is 1.21. The Morgan fingerprint density at radius 3 is 2.50 bits per heavy atom. The number of aromatic nitrogens is 4. The second-order valence-electron chi connectivity index (χ2n) is 8.95. The van der Waals surface area contributed by atoms with Crippen LogP contribution in [0.15, 0.2) is 61.1 Å². The highest BCUT2D eigenvalue weighted by Gasteiger charge is 2.25. The van der Waals surface area contributed by atoms with Gasteiger partial charge in [0, 0.05) is 50.7 Å². The van der Waals surface area contributed by atoms with Gasteiger partial charge in [0.15, 0.2) is 0 Å². The lowest BCUT2D eigenvalue weighted by Gasteiger charge is -2.32. The van der Waals surface area contributed by atoms with Gasteiger partial charge in [0.25, 0.3) is 0 Å². The van der Waals surface area contributed by atoms with E-state index in [-0.39, 0.29) is 11.8 Å². The van der Waals surface area contributed by atoms with Crippen molar-refractivity contribution in [1.82, 2.24) is 30.0 Å². The van der Waals surface area contributed by atoms with Crippen LogP contribution >= 0.6 is 0 Å². The zero-order chi connectivity index (χ0) is 23.5. The van der Waals surface area contributed by atoms with Gasteiger partial charge in [0.2, 0.25) is 5.91 Å². The van der Waals surface area contributed by atoms with Gasteiger partial charge in [-0.05, 0) is 66.5 Å². The molecule has 0 saturated carbocycles. The first-order valence-corrected chi connectivity index (χ1v) is 11.5. The maximum Gasteiger partial charge on any atom is 0.321 e. The van der Waals surface area contributed by atoms with Gasteiger partial charge in [-0.2, -0.15) is 5.10 Å². The largest absolute Gasteiger partial charge is 0.424 e. The molecule has 0 bridgehead atoms. The highest BCUT2D eigenvalue weighted by Crippen LogP contribution is 2.27. The Morgan fingerprint density at radius 1 is 1.06 bits per heavy atom. The summed E-state index contributed by atoms with van der Waals surface area (Å²) >= 11 is 0. The van der Waals surface area contributed by atoms with Crippen molar-refractivity contribution in [3.63, 3.8) is 0 Å². The van der Waals surface area contributed by atoms with E-state index in [1.54, 1.807) is 23.5 Å². The zero-order valence-electron chi connectivity index (χ0n) is 19.4. The van der Waals surface area contributed by atoms with Crippen LogP contribution in [0.25, 0.3) is 22.0 Å². The van der Waals surface area contributed by atoms with Crippen LogP contribution in [-0.4, -0.2) is 63.1 Å². The van der Waals surface area contributed by atoms with Crippen LogP contribution in [0.4, 0.5) is 0 Å². The first-order chi connectivity index (χ1) is 16.5. The second-order valence-corrected chi connectivity index (χ2v) is 8.95. The molecule has 34 heavy (non-hydrogen) atoms. The normalized spacial score (nSPS) is 14.9. The molecule has 0 unspecified atom stereocenters. The third kappa shape index (κ3) is 4.92. The molecule has 0 spiro atoms. The average molecular weight is 457 g/mol. The standard InChI is InChI=1S/C26H28N6O2/c1-31(2)25(33)19-8-11-32(12-9-19)17-18-3-4-21-14-23(6-5-20(21)13-18)34-26-27-15-22(16-28-26)24-7-10-29-30-24/h3-7,10,13-16,19H,8-9,11-12,17H2,1-2H3,(H,29,30). The van der Waals surface area contributed by atoms with Crippen LogP contribution in [0.1, 0.15) is 18.4 Å². The molecule has 1 aliphatic rings. The molecule has 174 valence electrons. The van der Waals surface area contributed by atoms with E-state index < -0.39 is 0 Å². The SMILES string of the molecule is CN(C)C(=O)C1CCN(Cc2ccc3cc(Oc4ncc(-c5ccn[nH]5)cn4)ccc3c2)CC1. The van der Waals surface area contributed by atoms with E-state index in [9.17, 15) is 4.79 Å². The molecule has 1 aliphatic heterocycles. The fraction of sp³-hybridized carbons (Fsp3) is 0.308. The lowest BCUT2D eigenvalue weighted by molar-refractivity contribution is -0.134. The quantitative estimate of drug-likeness (QED) is 0.470. The van der Waals surface area contributed by atoms with Crippen molar-refractivity contribution in [2.45, 2.75) is 19.4 Å². The monoisotopic (exact) mass is 456 g/mol. The van der Waals surface area contributed by atoms with Crippen LogP contribution in [0.2, 0.25) is 0 Å². The number of nitrogens with one attached hydrogen (secondary N) is 1. The third-order valence-corrected chi connectivity index (χ3v) is 6.31. The van der Waals surface area contributed by atoms with Crippen LogP contribution in [-0.2, 0) is 11.3 Å². The summed E-state index contributed by atoms with van der Waals surface area (Å²) in [4.78, 5) is 25.0. The summed E-state index contributed by atoms with van der Waals surface area (Å²) in [5.41, 5.74) is 2.99. The smallest absolute Gasteiger partial charge is 0.321 e. The third-order valence-electron chi connectivity index (χ3n) is 6.31. The number of aromatic amines is 1. The van der Waals surface area contributed by atoms with Gasteiger partial charge in [-0.3, -0.25) is 14.8 Å². The van der Waals surface area contributed by atoms with E-state index in [0.29, 0.717) is 11.8 Å². The minimum absolute atomic E-state index is 0.159. The summed E-state index contributed by atoms with van der Waals surface area (Å²) in [6.45, 7) is 2.80. The molecule has 1 amide bonds. The van der Waals surface area contributed by atoms with E-state index in [4.69, 9.17) is 4.74 Å². The molecule has 0 atom stereocenters. The number of hydrogen-bond acceptors (Lipinski definition) is 6. The number of carbonyl (C=O) groups is 1. The molecule has 1 N–H and O–H groups in total. The summed E-state index contributed by atoms with van der Waals surface area (Å²) < 4.78 is 5.87. The highest BCUT2D eigenvalue weighted by atomic mass is 16.5. The van der Waals surface area contributed by atoms with Crippen molar-refractivity contribution in [3.8, 4) is 23.0 Å². The Hall–Kier alpha value is -3.78. The predicted molar refractivity (Wildman–Crippen MR) is 130 cm³/mol. The number of hydrogen-bond donors (Lipinski definition) is 1. The molecule has 1 fully saturated rings. The topological polar surface area (TPSA) is 87.2 Å². The summed E-state index contributed by atoms with van der Waals surface area (Å²) in [5, 5.41) is 9.10. The van der Waals surface area contributed by atoms with Gasteiger partial charge in [0.05, 0.1) is 5.69 Å². The van der Waals surface area contributed by atoms with Gasteiger partial charge in [-0.1, -0.05) is 18.2 Å². The molecule has 8 nitrogen and oxygen atoms in total. The first kappa shape index (κ1) is 22.0. The van der Waals surface area contributed by atoms with E-state index in [1.165, 1.54) is 5.56 Å². The number of amides is 1. The molecule has 3 heterocycles. The number of nitrogens with zero attached hydrogens (tertiary/aromatic N) is 5. The summed E-state index contributed by atoms with van der Waals surface area (Å²) in [5.74, 6) is 1.11. The average Bonchev–Trinajstić information content (AvgIpc) is 3.40. The minimum Gasteiger partial charge on any atom is -0.424 e. The molecular formula is C26H28N6O2.